The minimum Gasteiger partial charge on any atom is -0.381 e. The second-order valence-electron chi connectivity index (χ2n) is 5.71. The molecule has 5 heteroatoms. The largest absolute Gasteiger partial charge is 0.381 e. The van der Waals surface area contributed by atoms with Gasteiger partial charge in [-0.1, -0.05) is 30.3 Å². The van der Waals surface area contributed by atoms with Crippen LogP contribution >= 0.6 is 24.0 Å². The number of nitrogens with zero attached hydrogens (tertiary/aromatic N) is 2. The molecule has 0 amide bonds. The van der Waals surface area contributed by atoms with Gasteiger partial charge in [-0.2, -0.15) is 0 Å². The number of guanidine groups is 1. The summed E-state index contributed by atoms with van der Waals surface area (Å²) in [6.07, 6.45) is 2.33. The molecule has 0 saturated carbocycles. The van der Waals surface area contributed by atoms with E-state index >= 15 is 0 Å². The van der Waals surface area contributed by atoms with Crippen LogP contribution in [0.15, 0.2) is 35.3 Å². The van der Waals surface area contributed by atoms with Crippen molar-refractivity contribution in [1.82, 2.24) is 10.2 Å². The Hall–Kier alpha value is -0.820. The third kappa shape index (κ3) is 4.32. The first kappa shape index (κ1) is 16.5. The van der Waals surface area contributed by atoms with E-state index in [-0.39, 0.29) is 24.0 Å². The number of rotatable bonds is 3. The maximum atomic E-state index is 5.42. The van der Waals surface area contributed by atoms with Crippen LogP contribution in [0.4, 0.5) is 0 Å². The van der Waals surface area contributed by atoms with E-state index < -0.39 is 0 Å². The molecule has 1 unspecified atom stereocenters. The topological polar surface area (TPSA) is 36.9 Å². The predicted octanol–water partition coefficient (Wildman–Crippen LogP) is 2.66. The van der Waals surface area contributed by atoms with Crippen LogP contribution in [0.5, 0.6) is 0 Å². The average molecular weight is 401 g/mol. The first-order chi connectivity index (χ1) is 9.83. The molecular weight excluding hydrogens is 377 g/mol. The van der Waals surface area contributed by atoms with Crippen LogP contribution in [-0.2, 0) is 4.74 Å². The lowest BCUT2D eigenvalue weighted by Crippen LogP contribution is -2.40. The summed E-state index contributed by atoms with van der Waals surface area (Å²) < 4.78 is 5.42. The zero-order valence-corrected chi connectivity index (χ0v) is 14.8. The highest BCUT2D eigenvalue weighted by Crippen LogP contribution is 2.19. The molecule has 4 nitrogen and oxygen atoms in total. The summed E-state index contributed by atoms with van der Waals surface area (Å²) in [4.78, 5) is 6.92. The van der Waals surface area contributed by atoms with Gasteiger partial charge in [0.25, 0.3) is 0 Å². The van der Waals surface area contributed by atoms with Crippen molar-refractivity contribution in [2.75, 3.05) is 33.4 Å². The van der Waals surface area contributed by atoms with E-state index in [0.29, 0.717) is 6.04 Å². The molecule has 1 aromatic rings. The fraction of sp³-hybridized carbons (Fsp3) is 0.562. The van der Waals surface area contributed by atoms with Crippen molar-refractivity contribution < 1.29 is 4.74 Å². The monoisotopic (exact) mass is 401 g/mol. The molecule has 2 aliphatic heterocycles. The standard InChI is InChI=1S/C16H23N3O.HI/c1-19(12-13-7-9-20-10-8-13)16-17-11-15(18-16)14-5-3-2-4-6-14;/h2-6,13,15H,7-12H2,1H3,(H,17,18);1H. The van der Waals surface area contributed by atoms with Crippen molar-refractivity contribution in [1.29, 1.82) is 0 Å². The van der Waals surface area contributed by atoms with Gasteiger partial charge in [0.1, 0.15) is 0 Å². The Balaban J connectivity index is 0.00000161. The normalized spacial score (nSPS) is 22.1. The molecule has 21 heavy (non-hydrogen) atoms. The average Bonchev–Trinajstić information content (AvgIpc) is 2.99. The molecule has 1 N–H and O–H groups in total. The lowest BCUT2D eigenvalue weighted by atomic mass is 10.00. The van der Waals surface area contributed by atoms with Crippen molar-refractivity contribution >= 4 is 29.9 Å². The molecule has 0 spiro atoms. The molecule has 1 atom stereocenters. The third-order valence-electron chi connectivity index (χ3n) is 4.16. The Morgan fingerprint density at radius 1 is 1.24 bits per heavy atom. The number of aliphatic imine (C=N–C) groups is 1. The molecule has 3 rings (SSSR count). The second kappa shape index (κ2) is 7.98. The molecule has 0 radical (unpaired) electrons. The highest BCUT2D eigenvalue weighted by molar-refractivity contribution is 14.0. The van der Waals surface area contributed by atoms with Gasteiger partial charge in [0.05, 0.1) is 12.6 Å². The van der Waals surface area contributed by atoms with Crippen LogP contribution in [0.25, 0.3) is 0 Å². The fourth-order valence-electron chi connectivity index (χ4n) is 2.93. The first-order valence-corrected chi connectivity index (χ1v) is 7.48. The number of ether oxygens (including phenoxy) is 1. The molecule has 1 fully saturated rings. The number of nitrogens with one attached hydrogen (secondary N) is 1. The number of hydrogen-bond donors (Lipinski definition) is 1. The zero-order valence-electron chi connectivity index (χ0n) is 12.5. The van der Waals surface area contributed by atoms with Gasteiger partial charge in [0.15, 0.2) is 5.96 Å². The quantitative estimate of drug-likeness (QED) is 0.792. The Labute approximate surface area is 144 Å². The Kier molecular flexibility index (Phi) is 6.29. The van der Waals surface area contributed by atoms with Gasteiger partial charge < -0.3 is 15.0 Å². The highest BCUT2D eigenvalue weighted by atomic mass is 127. The second-order valence-corrected chi connectivity index (χ2v) is 5.71. The van der Waals surface area contributed by atoms with Crippen molar-refractivity contribution in [2.45, 2.75) is 18.9 Å². The van der Waals surface area contributed by atoms with E-state index in [1.54, 1.807) is 0 Å². The number of benzene rings is 1. The summed E-state index contributed by atoms with van der Waals surface area (Å²) >= 11 is 0. The fourth-order valence-corrected chi connectivity index (χ4v) is 2.93. The Morgan fingerprint density at radius 2 is 1.95 bits per heavy atom. The van der Waals surface area contributed by atoms with E-state index in [2.05, 4.69) is 52.6 Å². The zero-order chi connectivity index (χ0) is 13.8. The van der Waals surface area contributed by atoms with Gasteiger partial charge in [-0.15, -0.1) is 24.0 Å². The summed E-state index contributed by atoms with van der Waals surface area (Å²) in [6, 6.07) is 10.9. The third-order valence-corrected chi connectivity index (χ3v) is 4.16. The molecule has 0 aliphatic carbocycles. The maximum absolute atomic E-state index is 5.42. The lowest BCUT2D eigenvalue weighted by Gasteiger charge is -2.28. The van der Waals surface area contributed by atoms with Crippen molar-refractivity contribution in [2.24, 2.45) is 10.9 Å². The number of hydrogen-bond acceptors (Lipinski definition) is 4. The lowest BCUT2D eigenvalue weighted by molar-refractivity contribution is 0.0610. The van der Waals surface area contributed by atoms with Crippen molar-refractivity contribution in [3.05, 3.63) is 35.9 Å². The van der Waals surface area contributed by atoms with E-state index in [4.69, 9.17) is 4.74 Å². The minimum absolute atomic E-state index is 0. The smallest absolute Gasteiger partial charge is 0.194 e. The van der Waals surface area contributed by atoms with Crippen LogP contribution in [0.2, 0.25) is 0 Å². The molecule has 1 aromatic carbocycles. The van der Waals surface area contributed by atoms with E-state index in [1.807, 2.05) is 0 Å². The molecular formula is C16H24IN3O. The molecule has 1 saturated heterocycles. The Morgan fingerprint density at radius 3 is 2.67 bits per heavy atom. The first-order valence-electron chi connectivity index (χ1n) is 7.48. The summed E-state index contributed by atoms with van der Waals surface area (Å²) in [5, 5.41) is 3.54. The molecule has 116 valence electrons. The van der Waals surface area contributed by atoms with Crippen LogP contribution in [-0.4, -0.2) is 44.2 Å². The summed E-state index contributed by atoms with van der Waals surface area (Å²) in [7, 11) is 2.13. The van der Waals surface area contributed by atoms with E-state index in [9.17, 15) is 0 Å². The highest BCUT2D eigenvalue weighted by Gasteiger charge is 2.23. The number of halogens is 1. The van der Waals surface area contributed by atoms with Gasteiger partial charge >= 0.3 is 0 Å². The Bertz CT molecular complexity index is 460. The minimum atomic E-state index is 0. The molecule has 2 aliphatic rings. The predicted molar refractivity (Wildman–Crippen MR) is 96.2 cm³/mol. The van der Waals surface area contributed by atoms with Gasteiger partial charge in [0, 0.05) is 26.8 Å². The van der Waals surface area contributed by atoms with Crippen LogP contribution < -0.4 is 5.32 Å². The van der Waals surface area contributed by atoms with Crippen LogP contribution in [0.3, 0.4) is 0 Å². The van der Waals surface area contributed by atoms with Crippen molar-refractivity contribution in [3.63, 3.8) is 0 Å². The molecule has 0 bridgehead atoms. The molecule has 2 heterocycles. The van der Waals surface area contributed by atoms with Gasteiger partial charge in [-0.3, -0.25) is 4.99 Å². The summed E-state index contributed by atoms with van der Waals surface area (Å²) in [6.45, 7) is 3.71. The van der Waals surface area contributed by atoms with Crippen molar-refractivity contribution in [3.8, 4) is 0 Å². The van der Waals surface area contributed by atoms with Gasteiger partial charge in [0.2, 0.25) is 0 Å². The van der Waals surface area contributed by atoms with Crippen LogP contribution in [0, 0.1) is 5.92 Å². The molecule has 0 aromatic heterocycles. The maximum Gasteiger partial charge on any atom is 0.194 e. The SMILES string of the molecule is CN(CC1CCOCC1)C1=NCC(c2ccccc2)N1.I. The van der Waals surface area contributed by atoms with E-state index in [1.165, 1.54) is 18.4 Å². The van der Waals surface area contributed by atoms with Crippen LogP contribution in [0.1, 0.15) is 24.4 Å². The summed E-state index contributed by atoms with van der Waals surface area (Å²) in [5.41, 5.74) is 1.31. The van der Waals surface area contributed by atoms with Gasteiger partial charge in [-0.05, 0) is 24.3 Å². The summed E-state index contributed by atoms with van der Waals surface area (Å²) in [5.74, 6) is 1.76. The van der Waals surface area contributed by atoms with Gasteiger partial charge in [-0.25, -0.2) is 0 Å². The van der Waals surface area contributed by atoms with E-state index in [0.717, 1.165) is 38.2 Å².